The molecule has 6 nitrogen and oxygen atoms in total. The van der Waals surface area contributed by atoms with Crippen molar-refractivity contribution in [3.8, 4) is 17.0 Å². The molecule has 1 aliphatic rings. The number of anilines is 1. The van der Waals surface area contributed by atoms with Gasteiger partial charge in [0.1, 0.15) is 5.75 Å². The molecule has 0 bridgehead atoms. The zero-order valence-electron chi connectivity index (χ0n) is 18.5. The first kappa shape index (κ1) is 22.2. The lowest BCUT2D eigenvalue weighted by Gasteiger charge is -2.29. The highest BCUT2D eigenvalue weighted by atomic mass is 32.1. The van der Waals surface area contributed by atoms with Crippen molar-refractivity contribution >= 4 is 28.7 Å². The Morgan fingerprint density at radius 3 is 2.72 bits per heavy atom. The number of aromatic nitrogens is 1. The minimum atomic E-state index is -0.235. The molecule has 166 valence electrons. The number of rotatable bonds is 8. The number of thiazole rings is 1. The molecule has 2 heterocycles. The van der Waals surface area contributed by atoms with Gasteiger partial charge in [0.15, 0.2) is 12.4 Å². The second kappa shape index (κ2) is 9.63. The van der Waals surface area contributed by atoms with Crippen LogP contribution in [0.1, 0.15) is 40.7 Å². The van der Waals surface area contributed by atoms with E-state index in [1.54, 1.807) is 18.4 Å². The van der Waals surface area contributed by atoms with Crippen LogP contribution in [0.2, 0.25) is 0 Å². The predicted octanol–water partition coefficient (Wildman–Crippen LogP) is 4.73. The number of hydrogen-bond acceptors (Lipinski definition) is 6. The molecule has 2 aromatic carbocycles. The molecule has 0 saturated carbocycles. The van der Waals surface area contributed by atoms with Crippen molar-refractivity contribution in [2.45, 2.75) is 26.2 Å². The van der Waals surface area contributed by atoms with Gasteiger partial charge in [0.05, 0.1) is 29.5 Å². The number of Topliss-reactive ketones (excluding diaryl/α,β-unsaturated/α-hetero) is 1. The summed E-state index contributed by atoms with van der Waals surface area (Å²) in [5.74, 6) is 0.639. The molecule has 3 aromatic rings. The van der Waals surface area contributed by atoms with Crippen LogP contribution in [0.25, 0.3) is 11.3 Å². The Kier molecular flexibility index (Phi) is 6.67. The van der Waals surface area contributed by atoms with Crippen LogP contribution in [-0.4, -0.2) is 43.5 Å². The van der Waals surface area contributed by atoms with Crippen molar-refractivity contribution < 1.29 is 19.1 Å². The molecule has 0 unspecified atom stereocenters. The van der Waals surface area contributed by atoms with Crippen LogP contribution in [0, 0.1) is 0 Å². The number of ketones is 1. The molecule has 0 fully saturated rings. The Balaban J connectivity index is 1.58. The first-order valence-electron chi connectivity index (χ1n) is 10.6. The molecule has 32 heavy (non-hydrogen) atoms. The molecule has 1 aromatic heterocycles. The van der Waals surface area contributed by atoms with E-state index in [4.69, 9.17) is 9.47 Å². The lowest BCUT2D eigenvalue weighted by atomic mass is 10.00. The van der Waals surface area contributed by atoms with Crippen LogP contribution in [0.15, 0.2) is 47.8 Å². The van der Waals surface area contributed by atoms with Crippen molar-refractivity contribution in [3.05, 3.63) is 64.0 Å². The van der Waals surface area contributed by atoms with Crippen molar-refractivity contribution in [2.75, 3.05) is 31.8 Å². The quantitative estimate of drug-likeness (QED) is 0.464. The summed E-state index contributed by atoms with van der Waals surface area (Å²) in [6, 6.07) is 13.2. The summed E-state index contributed by atoms with van der Waals surface area (Å²) in [6.07, 6.45) is 0.754. The zero-order valence-corrected chi connectivity index (χ0v) is 19.3. The summed E-state index contributed by atoms with van der Waals surface area (Å²) in [7, 11) is 1.67. The number of benzene rings is 2. The lowest BCUT2D eigenvalue weighted by molar-refractivity contribution is -0.121. The maximum atomic E-state index is 13.0. The fourth-order valence-electron chi connectivity index (χ4n) is 3.57. The minimum Gasteiger partial charge on any atom is -0.482 e. The molecular formula is C25H26N2O4S. The molecule has 0 atom stereocenters. The van der Waals surface area contributed by atoms with E-state index in [1.165, 1.54) is 10.5 Å². The Bertz CT molecular complexity index is 1120. The summed E-state index contributed by atoms with van der Waals surface area (Å²) in [4.78, 5) is 31.8. The monoisotopic (exact) mass is 450 g/mol. The first-order valence-corrected chi connectivity index (χ1v) is 11.5. The van der Waals surface area contributed by atoms with Gasteiger partial charge in [-0.3, -0.25) is 14.5 Å². The average molecular weight is 451 g/mol. The highest BCUT2D eigenvalue weighted by Crippen LogP contribution is 2.36. The smallest absolute Gasteiger partial charge is 0.265 e. The van der Waals surface area contributed by atoms with Gasteiger partial charge in [-0.25, -0.2) is 4.98 Å². The highest BCUT2D eigenvalue weighted by Gasteiger charge is 2.28. The van der Waals surface area contributed by atoms with E-state index in [1.807, 2.05) is 47.8 Å². The molecule has 1 aliphatic heterocycles. The van der Waals surface area contributed by atoms with Crippen LogP contribution in [0.5, 0.6) is 5.75 Å². The summed E-state index contributed by atoms with van der Waals surface area (Å²) < 4.78 is 10.7. The van der Waals surface area contributed by atoms with Gasteiger partial charge in [-0.15, -0.1) is 11.3 Å². The van der Waals surface area contributed by atoms with E-state index in [0.717, 1.165) is 22.7 Å². The van der Waals surface area contributed by atoms with Gasteiger partial charge in [0.2, 0.25) is 0 Å². The van der Waals surface area contributed by atoms with E-state index >= 15 is 0 Å². The Labute approximate surface area is 191 Å². The molecule has 4 rings (SSSR count). The summed E-state index contributed by atoms with van der Waals surface area (Å²) >= 11 is 1.58. The maximum absolute atomic E-state index is 13.0. The Hall–Kier alpha value is -3.03. The van der Waals surface area contributed by atoms with Crippen LogP contribution >= 0.6 is 11.3 Å². The van der Waals surface area contributed by atoms with Gasteiger partial charge in [0, 0.05) is 30.0 Å². The molecule has 0 N–H and O–H groups in total. The number of amides is 1. The zero-order chi connectivity index (χ0) is 22.7. The number of carbonyl (C=O) groups excluding carboxylic acids is 2. The average Bonchev–Trinajstić information content (AvgIpc) is 3.28. The number of nitrogens with zero attached hydrogens (tertiary/aromatic N) is 2. The third kappa shape index (κ3) is 4.74. The summed E-state index contributed by atoms with van der Waals surface area (Å²) in [5.41, 5.74) is 4.07. The van der Waals surface area contributed by atoms with Gasteiger partial charge in [-0.05, 0) is 29.7 Å². The van der Waals surface area contributed by atoms with E-state index in [2.05, 4.69) is 18.8 Å². The molecule has 1 amide bonds. The van der Waals surface area contributed by atoms with Crippen molar-refractivity contribution in [3.63, 3.8) is 0 Å². The second-order valence-corrected chi connectivity index (χ2v) is 8.96. The van der Waals surface area contributed by atoms with Crippen LogP contribution < -0.4 is 9.64 Å². The van der Waals surface area contributed by atoms with E-state index in [9.17, 15) is 9.59 Å². The number of carbonyl (C=O) groups is 2. The standard InChI is InChI=1S/C25H26N2O4S/c1-16(2)17-4-6-18(7-5-17)22(28)13-27-21-12-19(8-9-23(21)31-14-25(27)29)20-15-32-24(26-20)10-11-30-3/h4-9,12,15-16H,10-11,13-14H2,1-3H3. The van der Waals surface area contributed by atoms with Crippen LogP contribution in [0.3, 0.4) is 0 Å². The Morgan fingerprint density at radius 2 is 2.00 bits per heavy atom. The fraction of sp³-hybridized carbons (Fsp3) is 0.320. The second-order valence-electron chi connectivity index (χ2n) is 8.02. The van der Waals surface area contributed by atoms with Gasteiger partial charge in [-0.2, -0.15) is 0 Å². The van der Waals surface area contributed by atoms with Gasteiger partial charge in [-0.1, -0.05) is 38.1 Å². The van der Waals surface area contributed by atoms with Gasteiger partial charge in [0.25, 0.3) is 5.91 Å². The first-order chi connectivity index (χ1) is 15.5. The van der Waals surface area contributed by atoms with E-state index in [0.29, 0.717) is 29.5 Å². The predicted molar refractivity (Wildman–Crippen MR) is 126 cm³/mol. The fourth-order valence-corrected chi connectivity index (χ4v) is 4.36. The Morgan fingerprint density at radius 1 is 1.22 bits per heavy atom. The minimum absolute atomic E-state index is 0.0319. The number of methoxy groups -OCH3 is 1. The lowest BCUT2D eigenvalue weighted by Crippen LogP contribution is -2.42. The normalized spacial score (nSPS) is 13.2. The molecular weight excluding hydrogens is 424 g/mol. The topological polar surface area (TPSA) is 68.7 Å². The highest BCUT2D eigenvalue weighted by molar-refractivity contribution is 7.09. The number of hydrogen-bond donors (Lipinski definition) is 0. The van der Waals surface area contributed by atoms with Crippen molar-refractivity contribution in [1.82, 2.24) is 4.98 Å². The van der Waals surface area contributed by atoms with Crippen LogP contribution in [-0.2, 0) is 16.0 Å². The van der Waals surface area contributed by atoms with Crippen molar-refractivity contribution in [1.29, 1.82) is 0 Å². The number of ether oxygens (including phenoxy) is 2. The molecule has 0 radical (unpaired) electrons. The number of fused-ring (bicyclic) bond motifs is 1. The van der Waals surface area contributed by atoms with E-state index in [-0.39, 0.29) is 24.8 Å². The van der Waals surface area contributed by atoms with E-state index < -0.39 is 0 Å². The SMILES string of the molecule is COCCc1nc(-c2ccc3c(c2)N(CC(=O)c2ccc(C(C)C)cc2)C(=O)CO3)cs1. The maximum Gasteiger partial charge on any atom is 0.265 e. The summed E-state index contributed by atoms with van der Waals surface area (Å²) in [6.45, 7) is 4.73. The largest absolute Gasteiger partial charge is 0.482 e. The molecule has 7 heteroatoms. The summed E-state index contributed by atoms with van der Waals surface area (Å²) in [5, 5.41) is 2.98. The molecule has 0 spiro atoms. The van der Waals surface area contributed by atoms with Crippen molar-refractivity contribution in [2.24, 2.45) is 0 Å². The van der Waals surface area contributed by atoms with Crippen LogP contribution in [0.4, 0.5) is 5.69 Å². The third-order valence-corrected chi connectivity index (χ3v) is 6.38. The third-order valence-electron chi connectivity index (χ3n) is 5.47. The van der Waals surface area contributed by atoms with Gasteiger partial charge < -0.3 is 9.47 Å². The van der Waals surface area contributed by atoms with Gasteiger partial charge >= 0.3 is 0 Å². The molecule has 0 aliphatic carbocycles. The molecule has 0 saturated heterocycles.